The molecule has 17 heavy (non-hydrogen) atoms. The number of benzene rings is 1. The van der Waals surface area contributed by atoms with Crippen LogP contribution in [0.4, 0.5) is 4.39 Å². The van der Waals surface area contributed by atoms with Crippen molar-refractivity contribution in [3.05, 3.63) is 58.0 Å². The van der Waals surface area contributed by atoms with Crippen molar-refractivity contribution in [2.75, 3.05) is 0 Å². The second-order valence-corrected chi connectivity index (χ2v) is 4.87. The minimum Gasteiger partial charge on any atom is -0.294 e. The van der Waals surface area contributed by atoms with E-state index in [4.69, 9.17) is 0 Å². The van der Waals surface area contributed by atoms with Gasteiger partial charge >= 0.3 is 0 Å². The number of carbonyl (C=O) groups excluding carboxylic acids is 1. The third-order valence-electron chi connectivity index (χ3n) is 2.58. The molecule has 0 aliphatic rings. The van der Waals surface area contributed by atoms with Gasteiger partial charge in [0.1, 0.15) is 5.82 Å². The molecule has 0 aliphatic heterocycles. The van der Waals surface area contributed by atoms with Gasteiger partial charge in [0.2, 0.25) is 0 Å². The van der Waals surface area contributed by atoms with E-state index in [0.717, 1.165) is 12.8 Å². The molecule has 0 spiro atoms. The first-order chi connectivity index (χ1) is 8.27. The Balaban J connectivity index is 1.88. The summed E-state index contributed by atoms with van der Waals surface area (Å²) in [6.07, 6.45) is 2.06. The smallest absolute Gasteiger partial charge is 0.165 e. The second kappa shape index (κ2) is 5.73. The second-order valence-electron chi connectivity index (χ2n) is 3.84. The van der Waals surface area contributed by atoms with Crippen LogP contribution in [0, 0.1) is 5.82 Å². The van der Waals surface area contributed by atoms with Crippen molar-refractivity contribution in [3.8, 4) is 0 Å². The minimum absolute atomic E-state index is 0.111. The molecule has 0 amide bonds. The zero-order valence-electron chi connectivity index (χ0n) is 9.36. The van der Waals surface area contributed by atoms with E-state index in [1.807, 2.05) is 11.4 Å². The first-order valence-corrected chi connectivity index (χ1v) is 6.45. The van der Waals surface area contributed by atoms with Crippen molar-refractivity contribution in [1.29, 1.82) is 0 Å². The molecule has 1 nitrogen and oxygen atoms in total. The zero-order chi connectivity index (χ0) is 12.1. The maximum absolute atomic E-state index is 13.3. The maximum atomic E-state index is 13.3. The Morgan fingerprint density at radius 2 is 2.00 bits per heavy atom. The molecule has 0 bridgehead atoms. The highest BCUT2D eigenvalue weighted by Gasteiger charge is 2.10. The highest BCUT2D eigenvalue weighted by atomic mass is 32.1. The van der Waals surface area contributed by atoms with Gasteiger partial charge in [-0.15, -0.1) is 11.3 Å². The van der Waals surface area contributed by atoms with Crippen molar-refractivity contribution < 1.29 is 9.18 Å². The van der Waals surface area contributed by atoms with E-state index in [-0.39, 0.29) is 11.3 Å². The van der Waals surface area contributed by atoms with Crippen molar-refractivity contribution >= 4 is 17.1 Å². The Kier molecular flexibility index (Phi) is 4.04. The lowest BCUT2D eigenvalue weighted by atomic mass is 10.0. The van der Waals surface area contributed by atoms with Crippen LogP contribution in [0.1, 0.15) is 28.1 Å². The zero-order valence-corrected chi connectivity index (χ0v) is 10.2. The van der Waals surface area contributed by atoms with Gasteiger partial charge in [0.25, 0.3) is 0 Å². The molecule has 1 heterocycles. The average Bonchev–Trinajstić information content (AvgIpc) is 2.82. The van der Waals surface area contributed by atoms with Crippen LogP contribution in [-0.2, 0) is 6.42 Å². The van der Waals surface area contributed by atoms with Crippen LogP contribution in [0.5, 0.6) is 0 Å². The molecule has 1 aromatic carbocycles. The molecular weight excluding hydrogens is 235 g/mol. The Bertz CT molecular complexity index is 491. The van der Waals surface area contributed by atoms with E-state index in [1.54, 1.807) is 29.5 Å². The maximum Gasteiger partial charge on any atom is 0.165 e. The van der Waals surface area contributed by atoms with E-state index in [1.165, 1.54) is 10.9 Å². The van der Waals surface area contributed by atoms with Crippen LogP contribution in [0.15, 0.2) is 41.8 Å². The number of carbonyl (C=O) groups is 1. The lowest BCUT2D eigenvalue weighted by Crippen LogP contribution is -2.02. The Morgan fingerprint density at radius 1 is 1.18 bits per heavy atom. The van der Waals surface area contributed by atoms with Crippen LogP contribution in [0.25, 0.3) is 0 Å². The minimum atomic E-state index is -0.423. The largest absolute Gasteiger partial charge is 0.294 e. The SMILES string of the molecule is O=C(CCCc1cccs1)c1ccccc1F. The van der Waals surface area contributed by atoms with E-state index in [9.17, 15) is 9.18 Å². The standard InChI is InChI=1S/C14H13FOS/c15-13-8-2-1-7-12(13)14(16)9-3-5-11-6-4-10-17-11/h1-2,4,6-8,10H,3,5,9H2. The van der Waals surface area contributed by atoms with Crippen LogP contribution in [-0.4, -0.2) is 5.78 Å². The first-order valence-electron chi connectivity index (χ1n) is 5.57. The predicted molar refractivity (Wildman–Crippen MR) is 68.0 cm³/mol. The highest BCUT2D eigenvalue weighted by molar-refractivity contribution is 7.09. The molecular formula is C14H13FOS. The van der Waals surface area contributed by atoms with Crippen LogP contribution >= 0.6 is 11.3 Å². The summed E-state index contributed by atoms with van der Waals surface area (Å²) >= 11 is 1.69. The lowest BCUT2D eigenvalue weighted by molar-refractivity contribution is 0.0976. The van der Waals surface area contributed by atoms with Crippen molar-refractivity contribution in [2.45, 2.75) is 19.3 Å². The van der Waals surface area contributed by atoms with Gasteiger partial charge in [0.05, 0.1) is 5.56 Å². The van der Waals surface area contributed by atoms with Gasteiger partial charge in [0, 0.05) is 11.3 Å². The number of rotatable bonds is 5. The number of halogens is 1. The summed E-state index contributed by atoms with van der Waals surface area (Å²) in [4.78, 5) is 13.0. The normalized spacial score (nSPS) is 10.4. The molecule has 0 fully saturated rings. The molecule has 88 valence electrons. The molecule has 0 aliphatic carbocycles. The molecule has 0 radical (unpaired) electrons. The monoisotopic (exact) mass is 248 g/mol. The predicted octanol–water partition coefficient (Wildman–Crippen LogP) is 4.09. The molecule has 0 saturated heterocycles. The molecule has 0 N–H and O–H groups in total. The molecule has 3 heteroatoms. The Hall–Kier alpha value is -1.48. The molecule has 0 unspecified atom stereocenters. The lowest BCUT2D eigenvalue weighted by Gasteiger charge is -2.01. The van der Waals surface area contributed by atoms with E-state index < -0.39 is 5.82 Å². The number of aryl methyl sites for hydroxylation is 1. The third kappa shape index (κ3) is 3.24. The Morgan fingerprint density at radius 3 is 2.71 bits per heavy atom. The number of Topliss-reactive ketones (excluding diaryl/α,β-unsaturated/α-hetero) is 1. The summed E-state index contributed by atoms with van der Waals surface area (Å²) in [5.74, 6) is -0.534. The molecule has 1 aromatic heterocycles. The topological polar surface area (TPSA) is 17.1 Å². The summed E-state index contributed by atoms with van der Waals surface area (Å²) in [6.45, 7) is 0. The van der Waals surface area contributed by atoms with Crippen molar-refractivity contribution in [3.63, 3.8) is 0 Å². The van der Waals surface area contributed by atoms with Gasteiger partial charge in [-0.05, 0) is 36.4 Å². The average molecular weight is 248 g/mol. The fourth-order valence-corrected chi connectivity index (χ4v) is 2.45. The number of thiophene rings is 1. The fraction of sp³-hybridized carbons (Fsp3) is 0.214. The van der Waals surface area contributed by atoms with E-state index in [0.29, 0.717) is 6.42 Å². The van der Waals surface area contributed by atoms with Gasteiger partial charge in [-0.1, -0.05) is 18.2 Å². The van der Waals surface area contributed by atoms with Gasteiger partial charge in [-0.2, -0.15) is 0 Å². The van der Waals surface area contributed by atoms with Gasteiger partial charge < -0.3 is 0 Å². The molecule has 2 aromatic rings. The number of hydrogen-bond donors (Lipinski definition) is 0. The van der Waals surface area contributed by atoms with Crippen LogP contribution < -0.4 is 0 Å². The Labute approximate surface area is 104 Å². The van der Waals surface area contributed by atoms with Gasteiger partial charge in [-0.3, -0.25) is 4.79 Å². The number of hydrogen-bond acceptors (Lipinski definition) is 2. The molecule has 2 rings (SSSR count). The molecule has 0 saturated carbocycles. The van der Waals surface area contributed by atoms with E-state index in [2.05, 4.69) is 6.07 Å². The number of ketones is 1. The summed E-state index contributed by atoms with van der Waals surface area (Å²) < 4.78 is 13.3. The van der Waals surface area contributed by atoms with Crippen LogP contribution in [0.3, 0.4) is 0 Å². The summed E-state index contributed by atoms with van der Waals surface area (Å²) in [7, 11) is 0. The van der Waals surface area contributed by atoms with Gasteiger partial charge in [0.15, 0.2) is 5.78 Å². The van der Waals surface area contributed by atoms with E-state index >= 15 is 0 Å². The third-order valence-corrected chi connectivity index (χ3v) is 3.52. The highest BCUT2D eigenvalue weighted by Crippen LogP contribution is 2.15. The summed E-state index contributed by atoms with van der Waals surface area (Å²) in [6, 6.07) is 10.2. The van der Waals surface area contributed by atoms with Crippen molar-refractivity contribution in [2.24, 2.45) is 0 Å². The fourth-order valence-electron chi connectivity index (χ4n) is 1.70. The molecule has 0 atom stereocenters. The quantitative estimate of drug-likeness (QED) is 0.728. The van der Waals surface area contributed by atoms with Crippen molar-refractivity contribution in [1.82, 2.24) is 0 Å². The van der Waals surface area contributed by atoms with Crippen LogP contribution in [0.2, 0.25) is 0 Å². The summed E-state index contributed by atoms with van der Waals surface area (Å²) in [5.41, 5.74) is 0.207. The first kappa shape index (κ1) is 12.0. The van der Waals surface area contributed by atoms with Gasteiger partial charge in [-0.25, -0.2) is 4.39 Å². The summed E-state index contributed by atoms with van der Waals surface area (Å²) in [5, 5.41) is 2.02.